The Bertz CT molecular complexity index is 1330. The van der Waals surface area contributed by atoms with Gasteiger partial charge in [0.05, 0.1) is 12.6 Å². The summed E-state index contributed by atoms with van der Waals surface area (Å²) in [4.78, 5) is 26.8. The van der Waals surface area contributed by atoms with Gasteiger partial charge in [0.1, 0.15) is 17.2 Å². The second-order valence-electron chi connectivity index (χ2n) is 7.13. The standard InChI is InChI=1S/C24H20FN3O3S/c1-15(21-11-12-22(32-21)17-7-3-2-6-16(17)14-29)26-24(31)19-10-13-23(30)28(27-19)20-9-5-4-8-18(20)25/h2-13,15,29H,14H2,1H3,(H,26,31). The number of nitrogens with zero attached hydrogens (tertiary/aromatic N) is 2. The number of amides is 1. The number of hydrogen-bond acceptors (Lipinski definition) is 5. The van der Waals surface area contributed by atoms with Gasteiger partial charge in [-0.25, -0.2) is 4.39 Å². The Morgan fingerprint density at radius 3 is 2.62 bits per heavy atom. The molecule has 0 radical (unpaired) electrons. The van der Waals surface area contributed by atoms with E-state index in [1.54, 1.807) is 6.07 Å². The average molecular weight is 450 g/mol. The second kappa shape index (κ2) is 9.25. The second-order valence-corrected chi connectivity index (χ2v) is 8.25. The molecular formula is C24H20FN3O3S. The monoisotopic (exact) mass is 449 g/mol. The Morgan fingerprint density at radius 1 is 1.09 bits per heavy atom. The SMILES string of the molecule is CC(NC(=O)c1ccc(=O)n(-c2ccccc2F)n1)c1ccc(-c2ccccc2CO)s1. The molecular weight excluding hydrogens is 429 g/mol. The molecule has 1 unspecified atom stereocenters. The summed E-state index contributed by atoms with van der Waals surface area (Å²) in [7, 11) is 0. The molecule has 162 valence electrons. The Balaban J connectivity index is 1.55. The van der Waals surface area contributed by atoms with Gasteiger partial charge < -0.3 is 10.4 Å². The van der Waals surface area contributed by atoms with E-state index in [9.17, 15) is 19.1 Å². The molecule has 32 heavy (non-hydrogen) atoms. The molecule has 8 heteroatoms. The highest BCUT2D eigenvalue weighted by Crippen LogP contribution is 2.33. The maximum absolute atomic E-state index is 14.1. The molecule has 6 nitrogen and oxygen atoms in total. The maximum Gasteiger partial charge on any atom is 0.272 e. The van der Waals surface area contributed by atoms with Crippen molar-refractivity contribution in [2.45, 2.75) is 19.6 Å². The van der Waals surface area contributed by atoms with E-state index >= 15 is 0 Å². The Kier molecular flexibility index (Phi) is 6.25. The van der Waals surface area contributed by atoms with Crippen LogP contribution in [0.4, 0.5) is 4.39 Å². The lowest BCUT2D eigenvalue weighted by molar-refractivity contribution is 0.0933. The summed E-state index contributed by atoms with van der Waals surface area (Å²) >= 11 is 1.51. The third-order valence-electron chi connectivity index (χ3n) is 4.97. The van der Waals surface area contributed by atoms with Gasteiger partial charge in [-0.1, -0.05) is 36.4 Å². The molecule has 0 aliphatic heterocycles. The Morgan fingerprint density at radius 2 is 1.84 bits per heavy atom. The number of aliphatic hydroxyl groups is 1. The molecule has 0 aliphatic carbocycles. The van der Waals surface area contributed by atoms with Gasteiger partial charge in [-0.05, 0) is 48.4 Å². The van der Waals surface area contributed by atoms with Gasteiger partial charge in [0.25, 0.3) is 11.5 Å². The van der Waals surface area contributed by atoms with E-state index in [0.717, 1.165) is 25.6 Å². The highest BCUT2D eigenvalue weighted by Gasteiger charge is 2.17. The zero-order valence-electron chi connectivity index (χ0n) is 17.2. The molecule has 1 atom stereocenters. The molecule has 2 heterocycles. The van der Waals surface area contributed by atoms with Gasteiger partial charge in [-0.2, -0.15) is 9.78 Å². The minimum atomic E-state index is -0.609. The van der Waals surface area contributed by atoms with Crippen molar-refractivity contribution >= 4 is 17.2 Å². The van der Waals surface area contributed by atoms with Crippen LogP contribution in [0.3, 0.4) is 0 Å². The maximum atomic E-state index is 14.1. The van der Waals surface area contributed by atoms with E-state index in [2.05, 4.69) is 10.4 Å². The summed E-state index contributed by atoms with van der Waals surface area (Å²) in [5.41, 5.74) is 1.22. The van der Waals surface area contributed by atoms with Crippen molar-refractivity contribution in [2.24, 2.45) is 0 Å². The van der Waals surface area contributed by atoms with Gasteiger partial charge in [0, 0.05) is 15.8 Å². The van der Waals surface area contributed by atoms with Crippen molar-refractivity contribution in [3.8, 4) is 16.1 Å². The summed E-state index contributed by atoms with van der Waals surface area (Å²) in [5.74, 6) is -1.09. The van der Waals surface area contributed by atoms with Gasteiger partial charge >= 0.3 is 0 Å². The van der Waals surface area contributed by atoms with E-state index in [1.807, 2.05) is 43.3 Å². The first-order chi connectivity index (χ1) is 15.5. The topological polar surface area (TPSA) is 84.2 Å². The number of carbonyl (C=O) groups excluding carboxylic acids is 1. The predicted octanol–water partition coefficient (Wildman–Crippen LogP) is 4.08. The lowest BCUT2D eigenvalue weighted by Crippen LogP contribution is -2.30. The number of rotatable bonds is 6. The molecule has 0 fully saturated rings. The molecule has 0 spiro atoms. The molecule has 0 saturated heterocycles. The fourth-order valence-electron chi connectivity index (χ4n) is 3.30. The minimum absolute atomic E-state index is 0.00195. The van der Waals surface area contributed by atoms with Gasteiger partial charge in [-0.3, -0.25) is 9.59 Å². The van der Waals surface area contributed by atoms with Gasteiger partial charge in [-0.15, -0.1) is 11.3 Å². The number of thiophene rings is 1. The number of aromatic nitrogens is 2. The van der Waals surface area contributed by atoms with Gasteiger partial charge in [0.2, 0.25) is 0 Å². The Hall–Kier alpha value is -3.62. The number of halogens is 1. The zero-order valence-corrected chi connectivity index (χ0v) is 18.0. The van der Waals surface area contributed by atoms with Gasteiger partial charge in [0.15, 0.2) is 0 Å². The van der Waals surface area contributed by atoms with Crippen molar-refractivity contribution < 1.29 is 14.3 Å². The fourth-order valence-corrected chi connectivity index (χ4v) is 4.37. The molecule has 1 amide bonds. The van der Waals surface area contributed by atoms with Crippen LogP contribution in [-0.2, 0) is 6.61 Å². The highest BCUT2D eigenvalue weighted by molar-refractivity contribution is 7.15. The van der Waals surface area contributed by atoms with Crippen molar-refractivity contribution in [2.75, 3.05) is 0 Å². The molecule has 2 aromatic carbocycles. The van der Waals surface area contributed by atoms with Crippen molar-refractivity contribution in [3.05, 3.63) is 105 Å². The highest BCUT2D eigenvalue weighted by atomic mass is 32.1. The molecule has 4 aromatic rings. The quantitative estimate of drug-likeness (QED) is 0.465. The molecule has 0 saturated carbocycles. The van der Waals surface area contributed by atoms with Crippen LogP contribution in [0.25, 0.3) is 16.1 Å². The van der Waals surface area contributed by atoms with E-state index in [1.165, 1.54) is 41.7 Å². The van der Waals surface area contributed by atoms with Crippen LogP contribution in [0, 0.1) is 5.82 Å². The molecule has 2 N–H and O–H groups in total. The van der Waals surface area contributed by atoms with Crippen molar-refractivity contribution in [1.29, 1.82) is 0 Å². The predicted molar refractivity (Wildman–Crippen MR) is 121 cm³/mol. The normalized spacial score (nSPS) is 11.8. The van der Waals surface area contributed by atoms with Crippen molar-refractivity contribution in [1.82, 2.24) is 15.1 Å². The largest absolute Gasteiger partial charge is 0.392 e. The third-order valence-corrected chi connectivity index (χ3v) is 6.27. The van der Waals surface area contributed by atoms with Crippen LogP contribution in [-0.4, -0.2) is 20.8 Å². The summed E-state index contributed by atoms with van der Waals surface area (Å²) in [6.45, 7) is 1.79. The first kappa shape index (κ1) is 21.6. The van der Waals surface area contributed by atoms with Crippen LogP contribution >= 0.6 is 11.3 Å². The lowest BCUT2D eigenvalue weighted by atomic mass is 10.1. The number of carbonyl (C=O) groups is 1. The number of hydrogen-bond donors (Lipinski definition) is 2. The smallest absolute Gasteiger partial charge is 0.272 e. The molecule has 0 aliphatic rings. The minimum Gasteiger partial charge on any atom is -0.392 e. The molecule has 4 rings (SSSR count). The number of aliphatic hydroxyl groups excluding tert-OH is 1. The summed E-state index contributed by atoms with van der Waals surface area (Å²) < 4.78 is 15.0. The summed E-state index contributed by atoms with van der Waals surface area (Å²) in [5, 5.41) is 16.5. The van der Waals surface area contributed by atoms with E-state index in [-0.39, 0.29) is 24.0 Å². The molecule has 2 aromatic heterocycles. The first-order valence-electron chi connectivity index (χ1n) is 9.93. The summed E-state index contributed by atoms with van der Waals surface area (Å²) in [6, 6.07) is 19.4. The zero-order chi connectivity index (χ0) is 22.7. The number of para-hydroxylation sites is 1. The van der Waals surface area contributed by atoms with Crippen LogP contribution in [0.15, 0.2) is 77.6 Å². The van der Waals surface area contributed by atoms with E-state index < -0.39 is 17.3 Å². The van der Waals surface area contributed by atoms with E-state index in [0.29, 0.717) is 0 Å². The third kappa shape index (κ3) is 4.37. The molecule has 0 bridgehead atoms. The lowest BCUT2D eigenvalue weighted by Gasteiger charge is -2.13. The van der Waals surface area contributed by atoms with E-state index in [4.69, 9.17) is 0 Å². The number of benzene rings is 2. The average Bonchev–Trinajstić information content (AvgIpc) is 3.30. The fraction of sp³-hybridized carbons (Fsp3) is 0.125. The van der Waals surface area contributed by atoms with Crippen LogP contribution in [0.5, 0.6) is 0 Å². The van der Waals surface area contributed by atoms with Crippen LogP contribution in [0.2, 0.25) is 0 Å². The summed E-state index contributed by atoms with van der Waals surface area (Å²) in [6.07, 6.45) is 0. The van der Waals surface area contributed by atoms with Crippen LogP contribution in [0.1, 0.15) is 33.9 Å². The van der Waals surface area contributed by atoms with Crippen molar-refractivity contribution in [3.63, 3.8) is 0 Å². The first-order valence-corrected chi connectivity index (χ1v) is 10.7. The Labute approximate surface area is 187 Å². The number of nitrogens with one attached hydrogen (secondary N) is 1. The van der Waals surface area contributed by atoms with Crippen LogP contribution < -0.4 is 10.9 Å².